The minimum absolute atomic E-state index is 0.0549. The second kappa shape index (κ2) is 6.04. The molecule has 152 valence electrons. The molecular weight excluding hydrogens is 392 g/mol. The van der Waals surface area contributed by atoms with Gasteiger partial charge in [0.15, 0.2) is 5.82 Å². The smallest absolute Gasteiger partial charge is 0.160 e. The van der Waals surface area contributed by atoms with Gasteiger partial charge in [0.1, 0.15) is 11.5 Å². The summed E-state index contributed by atoms with van der Waals surface area (Å²) < 4.78 is 6.14. The number of para-hydroxylation sites is 1. The zero-order valence-corrected chi connectivity index (χ0v) is 17.9. The van der Waals surface area contributed by atoms with E-state index in [1.807, 2.05) is 36.4 Å². The van der Waals surface area contributed by atoms with Crippen LogP contribution in [0.2, 0.25) is 0 Å². The Hall–Kier alpha value is -3.98. The Kier molecular flexibility index (Phi) is 3.34. The van der Waals surface area contributed by atoms with E-state index in [4.69, 9.17) is 14.7 Å². The summed E-state index contributed by atoms with van der Waals surface area (Å²) in [5.74, 6) is 2.40. The third-order valence-corrected chi connectivity index (χ3v) is 6.89. The Labute approximate surface area is 186 Å². The molecule has 1 aromatic heterocycles. The molecule has 2 aliphatic rings. The van der Waals surface area contributed by atoms with Gasteiger partial charge in [0, 0.05) is 16.5 Å². The molecule has 0 unspecified atom stereocenters. The van der Waals surface area contributed by atoms with Crippen molar-refractivity contribution in [2.45, 2.75) is 19.3 Å². The van der Waals surface area contributed by atoms with E-state index in [1.54, 1.807) is 0 Å². The molecule has 0 bridgehead atoms. The standard InChI is InChI=1S/C29H20N2O/c1-29(2)21-10-5-3-8-18(21)19-15-14-17(16-22(19)29)28-30-23-11-7-13-25-26(23)27(31-28)20-9-4-6-12-24(20)32-25/h3-16H,1-2H3. The van der Waals surface area contributed by atoms with Crippen LogP contribution in [-0.4, -0.2) is 9.97 Å². The van der Waals surface area contributed by atoms with Crippen LogP contribution in [0.4, 0.5) is 0 Å². The van der Waals surface area contributed by atoms with E-state index >= 15 is 0 Å². The number of benzene rings is 4. The first-order chi connectivity index (χ1) is 15.6. The van der Waals surface area contributed by atoms with Gasteiger partial charge in [0.05, 0.1) is 16.6 Å². The first kappa shape index (κ1) is 17.7. The molecule has 0 N–H and O–H groups in total. The maximum absolute atomic E-state index is 6.14. The molecule has 2 heterocycles. The van der Waals surface area contributed by atoms with Crippen molar-refractivity contribution >= 4 is 10.9 Å². The molecule has 0 saturated heterocycles. The molecule has 4 aromatic carbocycles. The van der Waals surface area contributed by atoms with Crippen molar-refractivity contribution in [3.63, 3.8) is 0 Å². The monoisotopic (exact) mass is 412 g/mol. The number of ether oxygens (including phenoxy) is 1. The Bertz CT molecular complexity index is 1580. The Morgan fingerprint density at radius 1 is 0.656 bits per heavy atom. The summed E-state index contributed by atoms with van der Waals surface area (Å²) in [5, 5.41) is 0.976. The predicted octanol–water partition coefficient (Wildman–Crippen LogP) is 7.38. The second-order valence-corrected chi connectivity index (χ2v) is 9.08. The van der Waals surface area contributed by atoms with Crippen LogP contribution in [0.25, 0.3) is 44.7 Å². The van der Waals surface area contributed by atoms with Gasteiger partial charge in [0.25, 0.3) is 0 Å². The molecule has 0 radical (unpaired) electrons. The summed E-state index contributed by atoms with van der Waals surface area (Å²) in [7, 11) is 0. The lowest BCUT2D eigenvalue weighted by Crippen LogP contribution is -2.15. The average molecular weight is 412 g/mol. The Balaban J connectivity index is 1.47. The summed E-state index contributed by atoms with van der Waals surface area (Å²) in [6.45, 7) is 4.60. The van der Waals surface area contributed by atoms with E-state index in [-0.39, 0.29) is 5.41 Å². The number of nitrogens with zero attached hydrogens (tertiary/aromatic N) is 2. The van der Waals surface area contributed by atoms with Crippen LogP contribution >= 0.6 is 0 Å². The van der Waals surface area contributed by atoms with Gasteiger partial charge in [-0.25, -0.2) is 9.97 Å². The first-order valence-electron chi connectivity index (χ1n) is 10.9. The Morgan fingerprint density at radius 2 is 1.41 bits per heavy atom. The molecule has 0 saturated carbocycles. The van der Waals surface area contributed by atoms with Gasteiger partial charge >= 0.3 is 0 Å². The molecule has 5 aromatic rings. The highest BCUT2D eigenvalue weighted by Crippen LogP contribution is 2.50. The lowest BCUT2D eigenvalue weighted by molar-refractivity contribution is 0.486. The van der Waals surface area contributed by atoms with Gasteiger partial charge in [-0.1, -0.05) is 68.4 Å². The van der Waals surface area contributed by atoms with E-state index in [0.717, 1.165) is 45.0 Å². The van der Waals surface area contributed by atoms with Crippen LogP contribution in [0, 0.1) is 0 Å². The fourth-order valence-corrected chi connectivity index (χ4v) is 5.27. The number of hydrogen-bond donors (Lipinski definition) is 0. The van der Waals surface area contributed by atoms with E-state index < -0.39 is 0 Å². The zero-order chi connectivity index (χ0) is 21.4. The third-order valence-electron chi connectivity index (χ3n) is 6.89. The van der Waals surface area contributed by atoms with E-state index in [1.165, 1.54) is 22.3 Å². The maximum atomic E-state index is 6.14. The minimum atomic E-state index is -0.0549. The highest BCUT2D eigenvalue weighted by atomic mass is 16.5. The average Bonchev–Trinajstić information content (AvgIpc) is 3.06. The van der Waals surface area contributed by atoms with Gasteiger partial charge in [-0.05, 0) is 52.6 Å². The van der Waals surface area contributed by atoms with E-state index in [0.29, 0.717) is 0 Å². The van der Waals surface area contributed by atoms with Crippen LogP contribution in [-0.2, 0) is 5.41 Å². The van der Waals surface area contributed by atoms with Crippen LogP contribution in [0.5, 0.6) is 11.5 Å². The fraction of sp³-hybridized carbons (Fsp3) is 0.103. The van der Waals surface area contributed by atoms with Gasteiger partial charge in [0.2, 0.25) is 0 Å². The molecule has 3 nitrogen and oxygen atoms in total. The quantitative estimate of drug-likeness (QED) is 0.283. The fourth-order valence-electron chi connectivity index (χ4n) is 5.27. The maximum Gasteiger partial charge on any atom is 0.160 e. The zero-order valence-electron chi connectivity index (χ0n) is 17.9. The SMILES string of the molecule is CC1(C)c2ccccc2-c2ccc(-c3nc4c5c(cccc5n3)Oc3ccccc3-4)cc21. The van der Waals surface area contributed by atoms with E-state index in [9.17, 15) is 0 Å². The van der Waals surface area contributed by atoms with E-state index in [2.05, 4.69) is 62.4 Å². The number of rotatable bonds is 1. The van der Waals surface area contributed by atoms with Gasteiger partial charge in [-0.2, -0.15) is 0 Å². The highest BCUT2D eigenvalue weighted by Gasteiger charge is 2.35. The molecule has 7 rings (SSSR count). The number of aromatic nitrogens is 2. The van der Waals surface area contributed by atoms with Gasteiger partial charge in [-0.3, -0.25) is 0 Å². The molecule has 3 heteroatoms. The van der Waals surface area contributed by atoms with Crippen molar-refractivity contribution in [2.75, 3.05) is 0 Å². The van der Waals surface area contributed by atoms with Gasteiger partial charge in [-0.15, -0.1) is 0 Å². The van der Waals surface area contributed by atoms with Crippen molar-refractivity contribution in [3.05, 3.63) is 96.1 Å². The molecule has 1 aliphatic heterocycles. The Morgan fingerprint density at radius 3 is 2.31 bits per heavy atom. The van der Waals surface area contributed by atoms with Crippen molar-refractivity contribution < 1.29 is 4.74 Å². The minimum Gasteiger partial charge on any atom is -0.456 e. The molecule has 0 atom stereocenters. The predicted molar refractivity (Wildman–Crippen MR) is 128 cm³/mol. The lowest BCUT2D eigenvalue weighted by atomic mass is 9.82. The molecular formula is C29H20N2O. The summed E-state index contributed by atoms with van der Waals surface area (Å²) in [6.07, 6.45) is 0. The first-order valence-corrected chi connectivity index (χ1v) is 10.9. The largest absolute Gasteiger partial charge is 0.456 e. The topological polar surface area (TPSA) is 35.0 Å². The summed E-state index contributed by atoms with van der Waals surface area (Å²) in [5.41, 5.74) is 9.15. The highest BCUT2D eigenvalue weighted by molar-refractivity contribution is 6.01. The molecule has 0 amide bonds. The summed E-state index contributed by atoms with van der Waals surface area (Å²) in [4.78, 5) is 10.0. The van der Waals surface area contributed by atoms with Crippen LogP contribution < -0.4 is 4.74 Å². The summed E-state index contributed by atoms with van der Waals surface area (Å²) >= 11 is 0. The second-order valence-electron chi connectivity index (χ2n) is 9.08. The molecule has 1 aliphatic carbocycles. The van der Waals surface area contributed by atoms with Crippen LogP contribution in [0.15, 0.2) is 84.9 Å². The number of fused-ring (bicyclic) bond motifs is 5. The third kappa shape index (κ3) is 2.25. The lowest BCUT2D eigenvalue weighted by Gasteiger charge is -2.22. The van der Waals surface area contributed by atoms with Crippen molar-refractivity contribution in [1.82, 2.24) is 9.97 Å². The van der Waals surface area contributed by atoms with Crippen molar-refractivity contribution in [2.24, 2.45) is 0 Å². The number of hydrogen-bond acceptors (Lipinski definition) is 3. The van der Waals surface area contributed by atoms with Crippen molar-refractivity contribution in [3.8, 4) is 45.3 Å². The molecule has 0 fully saturated rings. The van der Waals surface area contributed by atoms with Crippen LogP contribution in [0.3, 0.4) is 0 Å². The molecule has 0 spiro atoms. The normalized spacial score (nSPS) is 14.4. The molecule has 32 heavy (non-hydrogen) atoms. The summed E-state index contributed by atoms with van der Waals surface area (Å²) in [6, 6.07) is 29.5. The van der Waals surface area contributed by atoms with Gasteiger partial charge < -0.3 is 4.74 Å². The van der Waals surface area contributed by atoms with Crippen molar-refractivity contribution in [1.29, 1.82) is 0 Å². The van der Waals surface area contributed by atoms with Crippen LogP contribution in [0.1, 0.15) is 25.0 Å².